The van der Waals surface area contributed by atoms with Crippen LogP contribution in [0.5, 0.6) is 0 Å². The first-order valence-corrected chi connectivity index (χ1v) is 9.06. The summed E-state index contributed by atoms with van der Waals surface area (Å²) >= 11 is 10.0. The van der Waals surface area contributed by atoms with Crippen LogP contribution in [0.25, 0.3) is 0 Å². The van der Waals surface area contributed by atoms with Gasteiger partial charge < -0.3 is 0 Å². The molecule has 0 saturated carbocycles. The van der Waals surface area contributed by atoms with Gasteiger partial charge in [0.05, 0.1) is 0 Å². The zero-order valence-electron chi connectivity index (χ0n) is 6.62. The van der Waals surface area contributed by atoms with E-state index in [9.17, 15) is 0 Å². The summed E-state index contributed by atoms with van der Waals surface area (Å²) in [6.07, 6.45) is 2.16. The normalized spacial score (nSPS) is 10.4. The predicted octanol–water partition coefficient (Wildman–Crippen LogP) is 3.35. The maximum absolute atomic E-state index is 4.06. The SMILES string of the molecule is CSCCSCCSCSS. The fourth-order valence-electron chi connectivity index (χ4n) is 0.458. The molecule has 5 heteroatoms. The third kappa shape index (κ3) is 11.8. The minimum atomic E-state index is 1.12. The second-order valence-corrected chi connectivity index (χ2v) is 6.76. The average Bonchev–Trinajstić information content (AvgIpc) is 2.03. The van der Waals surface area contributed by atoms with Crippen LogP contribution in [-0.2, 0) is 0 Å². The van der Waals surface area contributed by atoms with Crippen molar-refractivity contribution in [2.45, 2.75) is 0 Å². The molecule has 0 heterocycles. The first-order chi connectivity index (χ1) is 5.41. The molecule has 0 nitrogen and oxygen atoms in total. The van der Waals surface area contributed by atoms with Crippen LogP contribution in [0.2, 0.25) is 0 Å². The van der Waals surface area contributed by atoms with Gasteiger partial charge in [-0.3, -0.25) is 0 Å². The lowest BCUT2D eigenvalue weighted by Crippen LogP contribution is -1.88. The van der Waals surface area contributed by atoms with Crippen molar-refractivity contribution in [3.63, 3.8) is 0 Å². The van der Waals surface area contributed by atoms with Crippen molar-refractivity contribution >= 4 is 57.7 Å². The quantitative estimate of drug-likeness (QED) is 0.302. The van der Waals surface area contributed by atoms with E-state index in [0.29, 0.717) is 0 Å². The van der Waals surface area contributed by atoms with Crippen molar-refractivity contribution in [3.05, 3.63) is 0 Å². The molecule has 0 aromatic carbocycles. The van der Waals surface area contributed by atoms with Gasteiger partial charge in [-0.1, -0.05) is 10.8 Å². The first kappa shape index (κ1) is 12.8. The van der Waals surface area contributed by atoms with E-state index in [2.05, 4.69) is 29.7 Å². The highest BCUT2D eigenvalue weighted by molar-refractivity contribution is 8.70. The summed E-state index contributed by atoms with van der Waals surface area (Å²) in [5, 5.41) is 1.12. The predicted molar refractivity (Wildman–Crippen MR) is 69.6 cm³/mol. The van der Waals surface area contributed by atoms with Gasteiger partial charge >= 0.3 is 0 Å². The Kier molecular flexibility index (Phi) is 13.6. The molecule has 0 aliphatic heterocycles. The zero-order valence-corrected chi connectivity index (χ0v) is 10.8. The van der Waals surface area contributed by atoms with Gasteiger partial charge in [-0.15, -0.1) is 23.4 Å². The standard InChI is InChI=1S/C6H14S5/c1-8-2-3-9-4-5-10-6-11-7/h7H,2-6H2,1H3. The largest absolute Gasteiger partial charge is 0.165 e. The highest BCUT2D eigenvalue weighted by Gasteiger charge is 1.89. The van der Waals surface area contributed by atoms with E-state index in [1.54, 1.807) is 10.8 Å². The molecule has 0 fully saturated rings. The molecule has 68 valence electrons. The molecule has 11 heavy (non-hydrogen) atoms. The Bertz CT molecular complexity index is 60.0. The molecular weight excluding hydrogens is 232 g/mol. The van der Waals surface area contributed by atoms with Gasteiger partial charge in [0.1, 0.15) is 0 Å². The van der Waals surface area contributed by atoms with Crippen LogP contribution in [0.4, 0.5) is 0 Å². The molecule has 0 spiro atoms. The van der Waals surface area contributed by atoms with Gasteiger partial charge in [0, 0.05) is 28.1 Å². The lowest BCUT2D eigenvalue weighted by atomic mass is 10.9. The summed E-state index contributed by atoms with van der Waals surface area (Å²) in [6, 6.07) is 0. The van der Waals surface area contributed by atoms with E-state index in [1.807, 2.05) is 23.5 Å². The highest BCUT2D eigenvalue weighted by atomic mass is 33.1. The Morgan fingerprint density at radius 2 is 1.64 bits per heavy atom. The van der Waals surface area contributed by atoms with E-state index < -0.39 is 0 Å². The Hall–Kier alpha value is 1.75. The molecule has 0 radical (unpaired) electrons. The molecule has 0 atom stereocenters. The van der Waals surface area contributed by atoms with Crippen molar-refractivity contribution in [1.29, 1.82) is 0 Å². The zero-order chi connectivity index (χ0) is 8.36. The Morgan fingerprint density at radius 3 is 2.27 bits per heavy atom. The van der Waals surface area contributed by atoms with Crippen LogP contribution in [0.15, 0.2) is 0 Å². The molecule has 0 saturated heterocycles. The molecule has 0 aromatic heterocycles. The maximum Gasteiger partial charge on any atom is 0.0493 e. The molecule has 0 aliphatic carbocycles. The molecule has 0 bridgehead atoms. The molecule has 0 N–H and O–H groups in total. The summed E-state index contributed by atoms with van der Waals surface area (Å²) in [5.41, 5.74) is 0. The Morgan fingerprint density at radius 1 is 1.00 bits per heavy atom. The van der Waals surface area contributed by atoms with Crippen LogP contribution in [0.3, 0.4) is 0 Å². The highest BCUT2D eigenvalue weighted by Crippen LogP contribution is 2.16. The Balaban J connectivity index is 2.69. The van der Waals surface area contributed by atoms with E-state index in [4.69, 9.17) is 0 Å². The van der Waals surface area contributed by atoms with Crippen molar-refractivity contribution in [2.75, 3.05) is 34.4 Å². The fraction of sp³-hybridized carbons (Fsp3) is 1.00. The lowest BCUT2D eigenvalue weighted by molar-refractivity contribution is 1.49. The minimum absolute atomic E-state index is 1.12. The summed E-state index contributed by atoms with van der Waals surface area (Å²) < 4.78 is 0. The summed E-state index contributed by atoms with van der Waals surface area (Å²) in [5.74, 6) is 5.15. The lowest BCUT2D eigenvalue weighted by Gasteiger charge is -1.98. The molecule has 0 aliphatic rings. The number of hydrogen-bond acceptors (Lipinski definition) is 5. The van der Waals surface area contributed by atoms with Gasteiger partial charge in [-0.2, -0.15) is 23.5 Å². The van der Waals surface area contributed by atoms with Crippen molar-refractivity contribution < 1.29 is 0 Å². The van der Waals surface area contributed by atoms with E-state index in [-0.39, 0.29) is 0 Å². The molecule has 0 aromatic rings. The van der Waals surface area contributed by atoms with Crippen LogP contribution < -0.4 is 0 Å². The number of thiol groups is 1. The van der Waals surface area contributed by atoms with Crippen molar-refractivity contribution in [1.82, 2.24) is 0 Å². The van der Waals surface area contributed by atoms with Gasteiger partial charge in [-0.05, 0) is 6.26 Å². The number of thioether (sulfide) groups is 3. The number of hydrogen-bond donors (Lipinski definition) is 1. The van der Waals surface area contributed by atoms with E-state index in [1.165, 1.54) is 23.0 Å². The monoisotopic (exact) mass is 246 g/mol. The van der Waals surface area contributed by atoms with Gasteiger partial charge in [0.2, 0.25) is 0 Å². The topological polar surface area (TPSA) is 0 Å². The molecule has 0 rings (SSSR count). The smallest absolute Gasteiger partial charge is 0.0493 e. The molecule has 0 amide bonds. The Labute approximate surface area is 91.6 Å². The third-order valence-corrected chi connectivity index (χ3v) is 5.58. The second kappa shape index (κ2) is 11.8. The van der Waals surface area contributed by atoms with Gasteiger partial charge in [0.25, 0.3) is 0 Å². The van der Waals surface area contributed by atoms with Crippen LogP contribution >= 0.6 is 57.7 Å². The fourth-order valence-corrected chi connectivity index (χ4v) is 4.18. The summed E-state index contributed by atoms with van der Waals surface area (Å²) in [6.45, 7) is 0. The second-order valence-electron chi connectivity index (χ2n) is 1.76. The maximum atomic E-state index is 4.06. The van der Waals surface area contributed by atoms with Crippen LogP contribution in [-0.4, -0.2) is 34.4 Å². The van der Waals surface area contributed by atoms with E-state index in [0.717, 1.165) is 5.08 Å². The third-order valence-electron chi connectivity index (χ3n) is 0.940. The summed E-state index contributed by atoms with van der Waals surface area (Å²) in [4.78, 5) is 0. The van der Waals surface area contributed by atoms with Gasteiger partial charge in [0.15, 0.2) is 0 Å². The van der Waals surface area contributed by atoms with E-state index >= 15 is 0 Å². The minimum Gasteiger partial charge on any atom is -0.165 e. The first-order valence-electron chi connectivity index (χ1n) is 3.32. The van der Waals surface area contributed by atoms with Crippen molar-refractivity contribution in [2.24, 2.45) is 0 Å². The molecular formula is C6H14S5. The average molecular weight is 247 g/mol. The van der Waals surface area contributed by atoms with Crippen LogP contribution in [0.1, 0.15) is 0 Å². The molecule has 0 unspecified atom stereocenters. The van der Waals surface area contributed by atoms with Crippen molar-refractivity contribution in [3.8, 4) is 0 Å². The number of rotatable bonds is 8. The summed E-state index contributed by atoms with van der Waals surface area (Å²) in [7, 11) is 1.61. The van der Waals surface area contributed by atoms with Gasteiger partial charge in [-0.25, -0.2) is 0 Å². The van der Waals surface area contributed by atoms with Crippen LogP contribution in [0, 0.1) is 0 Å².